The van der Waals surface area contributed by atoms with Gasteiger partial charge in [0.1, 0.15) is 0 Å². The summed E-state index contributed by atoms with van der Waals surface area (Å²) in [7, 11) is 1.52. The quantitative estimate of drug-likeness (QED) is 0.919. The number of nitrogens with zero attached hydrogens (tertiary/aromatic N) is 1. The molecule has 98 valence electrons. The molecule has 1 N–H and O–H groups in total. The Bertz CT molecular complexity index is 630. The normalized spacial score (nSPS) is 10.2. The second kappa shape index (κ2) is 4.97. The van der Waals surface area contributed by atoms with Crippen LogP contribution in [-0.2, 0) is 0 Å². The molecule has 0 spiro atoms. The largest absolute Gasteiger partial charge is 0.478 e. The molecule has 19 heavy (non-hydrogen) atoms. The molecule has 0 aliphatic carbocycles. The molecule has 2 aromatic rings. The van der Waals surface area contributed by atoms with Crippen LogP contribution in [0.25, 0.3) is 0 Å². The van der Waals surface area contributed by atoms with Gasteiger partial charge in [0.25, 0.3) is 5.91 Å². The van der Waals surface area contributed by atoms with Crippen LogP contribution in [0.1, 0.15) is 26.5 Å². The highest BCUT2D eigenvalue weighted by atomic mass is 16.4. The number of carbonyl (C=O) groups is 2. The molecule has 0 aliphatic heterocycles. The number of anilines is 1. The highest BCUT2D eigenvalue weighted by Crippen LogP contribution is 2.22. The Morgan fingerprint density at radius 3 is 2.47 bits per heavy atom. The predicted octanol–water partition coefficient (Wildman–Crippen LogP) is 2.56. The van der Waals surface area contributed by atoms with Gasteiger partial charge in [0.2, 0.25) is 0 Å². The van der Waals surface area contributed by atoms with Gasteiger partial charge in [0.05, 0.1) is 17.5 Å². The van der Waals surface area contributed by atoms with Crippen molar-refractivity contribution in [3.05, 3.63) is 53.5 Å². The third-order valence-electron chi connectivity index (χ3n) is 2.86. The zero-order chi connectivity index (χ0) is 14.0. The van der Waals surface area contributed by atoms with Gasteiger partial charge in [-0.3, -0.25) is 4.79 Å². The summed E-state index contributed by atoms with van der Waals surface area (Å²) in [5.41, 5.74) is 1.11. The molecule has 0 aliphatic rings. The lowest BCUT2D eigenvalue weighted by atomic mass is 10.1. The zero-order valence-corrected chi connectivity index (χ0v) is 10.6. The third kappa shape index (κ3) is 2.35. The van der Waals surface area contributed by atoms with E-state index in [0.717, 1.165) is 0 Å². The molecule has 1 aromatic carbocycles. The molecule has 2 rings (SSSR count). The predicted molar refractivity (Wildman–Crippen MR) is 69.6 cm³/mol. The summed E-state index contributed by atoms with van der Waals surface area (Å²) in [5, 5.41) is 9.12. The minimum absolute atomic E-state index is 0.0718. The van der Waals surface area contributed by atoms with Gasteiger partial charge in [-0.2, -0.15) is 0 Å². The Kier molecular flexibility index (Phi) is 3.37. The van der Waals surface area contributed by atoms with Crippen LogP contribution in [0.5, 0.6) is 0 Å². The number of hydrogen-bond acceptors (Lipinski definition) is 3. The number of aryl methyl sites for hydroxylation is 1. The summed E-state index contributed by atoms with van der Waals surface area (Å²) in [6.07, 6.45) is 1.43. The number of carboxylic acid groups (broad SMARTS) is 1. The maximum absolute atomic E-state index is 12.2. The average molecular weight is 259 g/mol. The summed E-state index contributed by atoms with van der Waals surface area (Å²) in [6, 6.07) is 8.02. The lowest BCUT2D eigenvalue weighted by molar-refractivity contribution is 0.0697. The van der Waals surface area contributed by atoms with Gasteiger partial charge in [-0.15, -0.1) is 0 Å². The number of benzene rings is 1. The summed E-state index contributed by atoms with van der Waals surface area (Å²) < 4.78 is 5.13. The summed E-state index contributed by atoms with van der Waals surface area (Å²) in [5.74, 6) is -1.25. The van der Waals surface area contributed by atoms with Gasteiger partial charge in [0, 0.05) is 12.6 Å². The highest BCUT2D eigenvalue weighted by molar-refractivity contribution is 6.08. The molecular weight excluding hydrogens is 246 g/mol. The Morgan fingerprint density at radius 1 is 1.21 bits per heavy atom. The van der Waals surface area contributed by atoms with Crippen LogP contribution in [0.3, 0.4) is 0 Å². The van der Waals surface area contributed by atoms with Gasteiger partial charge in [-0.25, -0.2) is 4.79 Å². The van der Waals surface area contributed by atoms with E-state index in [1.807, 2.05) is 0 Å². The fourth-order valence-electron chi connectivity index (χ4n) is 1.80. The number of rotatable bonds is 3. The van der Waals surface area contributed by atoms with Gasteiger partial charge in [0.15, 0.2) is 5.76 Å². The molecular formula is C14H13NO4. The second-order valence-corrected chi connectivity index (χ2v) is 4.12. The lowest BCUT2D eigenvalue weighted by Gasteiger charge is -2.18. The SMILES string of the molecule is Cc1ccoc1C(=O)N(C)c1ccccc1C(=O)O. The van der Waals surface area contributed by atoms with Crippen LogP contribution in [0, 0.1) is 6.92 Å². The molecule has 1 aromatic heterocycles. The molecule has 0 bridgehead atoms. The number of hydrogen-bond donors (Lipinski definition) is 1. The number of carboxylic acids is 1. The summed E-state index contributed by atoms with van der Waals surface area (Å²) in [6.45, 7) is 1.76. The maximum Gasteiger partial charge on any atom is 0.337 e. The molecule has 0 unspecified atom stereocenters. The van der Waals surface area contributed by atoms with Gasteiger partial charge >= 0.3 is 5.97 Å². The number of aromatic carboxylic acids is 1. The number of carbonyl (C=O) groups excluding carboxylic acids is 1. The van der Waals surface area contributed by atoms with E-state index in [2.05, 4.69) is 0 Å². The van der Waals surface area contributed by atoms with E-state index in [1.54, 1.807) is 31.2 Å². The molecule has 0 saturated carbocycles. The van der Waals surface area contributed by atoms with Crippen molar-refractivity contribution in [3.8, 4) is 0 Å². The third-order valence-corrected chi connectivity index (χ3v) is 2.86. The first-order chi connectivity index (χ1) is 9.02. The topological polar surface area (TPSA) is 70.8 Å². The first-order valence-corrected chi connectivity index (χ1v) is 5.67. The molecule has 5 nitrogen and oxygen atoms in total. The van der Waals surface area contributed by atoms with Crippen LogP contribution < -0.4 is 4.90 Å². The van der Waals surface area contributed by atoms with Crippen molar-refractivity contribution < 1.29 is 19.1 Å². The van der Waals surface area contributed by atoms with E-state index in [-0.39, 0.29) is 17.2 Å². The van der Waals surface area contributed by atoms with Crippen molar-refractivity contribution in [2.45, 2.75) is 6.92 Å². The number of para-hydroxylation sites is 1. The van der Waals surface area contributed by atoms with Crippen LogP contribution in [0.15, 0.2) is 41.0 Å². The van der Waals surface area contributed by atoms with Crippen molar-refractivity contribution in [2.24, 2.45) is 0 Å². The van der Waals surface area contributed by atoms with Crippen LogP contribution in [-0.4, -0.2) is 24.0 Å². The molecule has 0 radical (unpaired) electrons. The molecule has 1 heterocycles. The molecule has 0 saturated heterocycles. The molecule has 0 atom stereocenters. The van der Waals surface area contributed by atoms with Crippen molar-refractivity contribution in [1.82, 2.24) is 0 Å². The first-order valence-electron chi connectivity index (χ1n) is 5.67. The van der Waals surface area contributed by atoms with Crippen molar-refractivity contribution in [3.63, 3.8) is 0 Å². The van der Waals surface area contributed by atoms with E-state index in [0.29, 0.717) is 11.3 Å². The fraction of sp³-hybridized carbons (Fsp3) is 0.143. The second-order valence-electron chi connectivity index (χ2n) is 4.12. The Hall–Kier alpha value is -2.56. The zero-order valence-electron chi connectivity index (χ0n) is 10.6. The maximum atomic E-state index is 12.2. The van der Waals surface area contributed by atoms with Crippen molar-refractivity contribution in [2.75, 3.05) is 11.9 Å². The average Bonchev–Trinajstić information content (AvgIpc) is 2.83. The smallest absolute Gasteiger partial charge is 0.337 e. The van der Waals surface area contributed by atoms with Crippen molar-refractivity contribution >= 4 is 17.6 Å². The summed E-state index contributed by atoms with van der Waals surface area (Å²) in [4.78, 5) is 24.7. The first kappa shape index (κ1) is 12.9. The monoisotopic (exact) mass is 259 g/mol. The molecule has 1 amide bonds. The molecule has 0 fully saturated rings. The van der Waals surface area contributed by atoms with E-state index in [1.165, 1.54) is 24.3 Å². The number of amides is 1. The van der Waals surface area contributed by atoms with E-state index in [4.69, 9.17) is 9.52 Å². The minimum atomic E-state index is -1.08. The fourth-order valence-corrected chi connectivity index (χ4v) is 1.80. The summed E-state index contributed by atoms with van der Waals surface area (Å²) >= 11 is 0. The van der Waals surface area contributed by atoms with Gasteiger partial charge < -0.3 is 14.4 Å². The standard InChI is InChI=1S/C14H13NO4/c1-9-7-8-19-12(9)13(16)15(2)11-6-4-3-5-10(11)14(17)18/h3-8H,1-2H3,(H,17,18). The van der Waals surface area contributed by atoms with Gasteiger partial charge in [-0.05, 0) is 25.1 Å². The Labute approximate surface area is 110 Å². The van der Waals surface area contributed by atoms with E-state index < -0.39 is 5.97 Å². The van der Waals surface area contributed by atoms with E-state index >= 15 is 0 Å². The van der Waals surface area contributed by atoms with Crippen LogP contribution in [0.2, 0.25) is 0 Å². The van der Waals surface area contributed by atoms with Crippen molar-refractivity contribution in [1.29, 1.82) is 0 Å². The number of furan rings is 1. The van der Waals surface area contributed by atoms with Crippen LogP contribution in [0.4, 0.5) is 5.69 Å². The highest BCUT2D eigenvalue weighted by Gasteiger charge is 2.22. The van der Waals surface area contributed by atoms with E-state index in [9.17, 15) is 9.59 Å². The Balaban J connectivity index is 2.40. The Morgan fingerprint density at radius 2 is 1.89 bits per heavy atom. The van der Waals surface area contributed by atoms with Crippen LogP contribution >= 0.6 is 0 Å². The van der Waals surface area contributed by atoms with Gasteiger partial charge in [-0.1, -0.05) is 12.1 Å². The lowest BCUT2D eigenvalue weighted by Crippen LogP contribution is -2.28. The minimum Gasteiger partial charge on any atom is -0.478 e. The molecule has 5 heteroatoms.